The predicted octanol–water partition coefficient (Wildman–Crippen LogP) is 5.38. The van der Waals surface area contributed by atoms with Gasteiger partial charge in [0.15, 0.2) is 0 Å². The zero-order valence-corrected chi connectivity index (χ0v) is 13.9. The Balaban J connectivity index is 1.68. The van der Waals surface area contributed by atoms with Crippen LogP contribution in [0.15, 0.2) is 72.8 Å². The lowest BCUT2D eigenvalue weighted by atomic mass is 10.1. The van der Waals surface area contributed by atoms with E-state index in [-0.39, 0.29) is 6.17 Å². The Morgan fingerprint density at radius 3 is 1.71 bits per heavy atom. The van der Waals surface area contributed by atoms with E-state index >= 15 is 0 Å². The van der Waals surface area contributed by atoms with Gasteiger partial charge in [0.2, 0.25) is 0 Å². The molecule has 2 bridgehead atoms. The molecule has 0 aliphatic carbocycles. The summed E-state index contributed by atoms with van der Waals surface area (Å²) in [6.07, 6.45) is 0.215. The third-order valence-electron chi connectivity index (χ3n) is 5.06. The van der Waals surface area contributed by atoms with Crippen LogP contribution in [0.2, 0.25) is 5.02 Å². The number of hydrogen-bond donors (Lipinski definition) is 0. The van der Waals surface area contributed by atoms with Gasteiger partial charge in [-0.15, -0.1) is 0 Å². The fourth-order valence-electron chi connectivity index (χ4n) is 3.95. The van der Waals surface area contributed by atoms with Gasteiger partial charge >= 0.3 is 0 Å². The number of anilines is 2. The van der Waals surface area contributed by atoms with Gasteiger partial charge in [0.1, 0.15) is 6.17 Å². The van der Waals surface area contributed by atoms with Crippen LogP contribution in [0.5, 0.6) is 0 Å². The van der Waals surface area contributed by atoms with Crippen LogP contribution < -0.4 is 9.80 Å². The number of halogens is 1. The summed E-state index contributed by atoms with van der Waals surface area (Å²) in [5.41, 5.74) is 6.73. The maximum Gasteiger partial charge on any atom is 0.129 e. The predicted molar refractivity (Wildman–Crippen MR) is 99.4 cm³/mol. The molecular weight excluding hydrogens is 316 g/mol. The zero-order chi connectivity index (χ0) is 16.1. The summed E-state index contributed by atoms with van der Waals surface area (Å²) in [5, 5.41) is 0.783. The highest BCUT2D eigenvalue weighted by atomic mass is 35.5. The highest BCUT2D eigenvalue weighted by molar-refractivity contribution is 6.30. The van der Waals surface area contributed by atoms with Gasteiger partial charge in [-0.2, -0.15) is 0 Å². The van der Waals surface area contributed by atoms with E-state index in [0.717, 1.165) is 18.1 Å². The minimum atomic E-state index is 0.215. The van der Waals surface area contributed by atoms with Crippen molar-refractivity contribution in [1.82, 2.24) is 0 Å². The molecule has 0 radical (unpaired) electrons. The Bertz CT molecular complexity index is 852. The molecule has 0 saturated carbocycles. The van der Waals surface area contributed by atoms with Gasteiger partial charge in [-0.25, -0.2) is 0 Å². The van der Waals surface area contributed by atoms with Crippen LogP contribution in [-0.2, 0) is 13.1 Å². The van der Waals surface area contributed by atoms with Crippen molar-refractivity contribution in [3.8, 4) is 0 Å². The third-order valence-corrected chi connectivity index (χ3v) is 5.31. The van der Waals surface area contributed by atoms with Crippen molar-refractivity contribution in [3.63, 3.8) is 0 Å². The molecule has 0 N–H and O–H groups in total. The first-order valence-electron chi connectivity index (χ1n) is 8.26. The van der Waals surface area contributed by atoms with Crippen LogP contribution in [-0.4, -0.2) is 0 Å². The normalized spacial score (nSPS) is 15.9. The fraction of sp³-hybridized carbons (Fsp3) is 0.143. The third kappa shape index (κ3) is 2.03. The van der Waals surface area contributed by atoms with Gasteiger partial charge in [-0.3, -0.25) is 0 Å². The average Bonchev–Trinajstić information content (AvgIpc) is 2.80. The van der Waals surface area contributed by atoms with Gasteiger partial charge in [-0.1, -0.05) is 60.1 Å². The lowest BCUT2D eigenvalue weighted by molar-refractivity contribution is 0.626. The number of nitrogens with zero attached hydrogens (tertiary/aromatic N) is 2. The molecule has 3 heteroatoms. The van der Waals surface area contributed by atoms with Gasteiger partial charge in [0.25, 0.3) is 0 Å². The number of benzene rings is 3. The first-order valence-corrected chi connectivity index (χ1v) is 8.63. The molecule has 2 nitrogen and oxygen atoms in total. The molecule has 5 rings (SSSR count). The van der Waals surface area contributed by atoms with E-state index in [4.69, 9.17) is 11.6 Å². The lowest BCUT2D eigenvalue weighted by Crippen LogP contribution is -2.32. The molecule has 0 atom stereocenters. The van der Waals surface area contributed by atoms with Crippen molar-refractivity contribution in [3.05, 3.63) is 94.5 Å². The molecular formula is C21H17ClN2. The van der Waals surface area contributed by atoms with Crippen LogP contribution in [0.1, 0.15) is 22.9 Å². The van der Waals surface area contributed by atoms with E-state index in [2.05, 4.69) is 70.5 Å². The fourth-order valence-corrected chi connectivity index (χ4v) is 4.08. The maximum atomic E-state index is 6.11. The zero-order valence-electron chi connectivity index (χ0n) is 13.2. The van der Waals surface area contributed by atoms with E-state index in [9.17, 15) is 0 Å². The summed E-state index contributed by atoms with van der Waals surface area (Å²) in [5.74, 6) is 0. The monoisotopic (exact) mass is 332 g/mol. The van der Waals surface area contributed by atoms with Crippen LogP contribution in [0, 0.1) is 0 Å². The molecule has 2 heterocycles. The molecule has 0 saturated heterocycles. The second-order valence-electron chi connectivity index (χ2n) is 6.44. The van der Waals surface area contributed by atoms with Crippen LogP contribution >= 0.6 is 11.6 Å². The summed E-state index contributed by atoms with van der Waals surface area (Å²) >= 11 is 6.11. The van der Waals surface area contributed by atoms with Crippen LogP contribution in [0.3, 0.4) is 0 Å². The second-order valence-corrected chi connectivity index (χ2v) is 6.87. The van der Waals surface area contributed by atoms with Gasteiger partial charge in [0.05, 0.1) is 11.4 Å². The van der Waals surface area contributed by atoms with Gasteiger partial charge < -0.3 is 9.80 Å². The SMILES string of the molecule is Clc1ccc(C2N3Cc4ccccc4CN2c2ccccc23)cc1. The lowest BCUT2D eigenvalue weighted by Gasteiger charge is -2.30. The van der Waals surface area contributed by atoms with E-state index in [0.29, 0.717) is 0 Å². The smallest absolute Gasteiger partial charge is 0.129 e. The highest BCUT2D eigenvalue weighted by Crippen LogP contribution is 2.49. The summed E-state index contributed by atoms with van der Waals surface area (Å²) < 4.78 is 0. The molecule has 0 fully saturated rings. The molecule has 24 heavy (non-hydrogen) atoms. The summed E-state index contributed by atoms with van der Waals surface area (Å²) in [4.78, 5) is 5.01. The van der Waals surface area contributed by atoms with Crippen molar-refractivity contribution in [1.29, 1.82) is 0 Å². The molecule has 0 spiro atoms. The molecule has 0 aromatic heterocycles. The Hall–Kier alpha value is -2.45. The number of para-hydroxylation sites is 2. The summed E-state index contributed by atoms with van der Waals surface area (Å²) in [6.45, 7) is 1.86. The second kappa shape index (κ2) is 5.29. The molecule has 118 valence electrons. The van der Waals surface area contributed by atoms with Crippen molar-refractivity contribution >= 4 is 23.0 Å². The molecule has 0 unspecified atom stereocenters. The Kier molecular flexibility index (Phi) is 3.07. The van der Waals surface area contributed by atoms with Gasteiger partial charge in [-0.05, 0) is 41.0 Å². The maximum absolute atomic E-state index is 6.11. The average molecular weight is 333 g/mol. The quantitative estimate of drug-likeness (QED) is 0.590. The Morgan fingerprint density at radius 1 is 0.667 bits per heavy atom. The molecule has 0 amide bonds. The van der Waals surface area contributed by atoms with Crippen LogP contribution in [0.4, 0.5) is 11.4 Å². The molecule has 2 aliphatic heterocycles. The van der Waals surface area contributed by atoms with Crippen LogP contribution in [0.25, 0.3) is 0 Å². The molecule has 3 aromatic rings. The highest BCUT2D eigenvalue weighted by Gasteiger charge is 2.39. The van der Waals surface area contributed by atoms with E-state index in [1.165, 1.54) is 28.1 Å². The number of hydrogen-bond acceptors (Lipinski definition) is 2. The van der Waals surface area contributed by atoms with Gasteiger partial charge in [0, 0.05) is 18.1 Å². The number of rotatable bonds is 1. The Morgan fingerprint density at radius 2 is 1.17 bits per heavy atom. The largest absolute Gasteiger partial charge is 0.341 e. The van der Waals surface area contributed by atoms with E-state index < -0.39 is 0 Å². The first-order chi connectivity index (χ1) is 11.8. The first kappa shape index (κ1) is 13.9. The van der Waals surface area contributed by atoms with Crippen molar-refractivity contribution in [2.75, 3.05) is 9.80 Å². The number of fused-ring (bicyclic) bond motifs is 6. The minimum absolute atomic E-state index is 0.215. The minimum Gasteiger partial charge on any atom is -0.341 e. The molecule has 3 aromatic carbocycles. The van der Waals surface area contributed by atoms with Crippen molar-refractivity contribution in [2.45, 2.75) is 19.3 Å². The van der Waals surface area contributed by atoms with Crippen molar-refractivity contribution in [2.24, 2.45) is 0 Å². The topological polar surface area (TPSA) is 6.48 Å². The Labute approximate surface area is 146 Å². The van der Waals surface area contributed by atoms with Crippen molar-refractivity contribution < 1.29 is 0 Å². The van der Waals surface area contributed by atoms with E-state index in [1.54, 1.807) is 0 Å². The standard InChI is InChI=1S/C21H17ClN2/c22-18-11-9-15(10-12-18)21-23-13-16-5-1-2-6-17(16)14-24(21)20-8-4-3-7-19(20)23/h1-12,21H,13-14H2. The molecule has 2 aliphatic rings. The summed E-state index contributed by atoms with van der Waals surface area (Å²) in [7, 11) is 0. The van der Waals surface area contributed by atoms with E-state index in [1.807, 2.05) is 12.1 Å². The summed E-state index contributed by atoms with van der Waals surface area (Å²) in [6, 6.07) is 25.8.